The Morgan fingerprint density at radius 2 is 1.72 bits per heavy atom. The lowest BCUT2D eigenvalue weighted by Crippen LogP contribution is -2.16. The zero-order chi connectivity index (χ0) is 13.2. The molecule has 1 atom stereocenters. The van der Waals surface area contributed by atoms with Crippen LogP contribution in [0.25, 0.3) is 0 Å². The standard InChI is InChI=1S/C16H26FN/c1-2-3-4-5-6-7-15(13-18)12-14-8-10-16(17)11-9-14/h8-11,15H,2-7,12-13,18H2,1H3. The first-order valence-corrected chi connectivity index (χ1v) is 7.20. The fourth-order valence-electron chi connectivity index (χ4n) is 2.29. The molecule has 0 heterocycles. The van der Waals surface area contributed by atoms with Crippen LogP contribution in [-0.2, 0) is 6.42 Å². The van der Waals surface area contributed by atoms with Crippen LogP contribution in [0.4, 0.5) is 4.39 Å². The Morgan fingerprint density at radius 3 is 2.33 bits per heavy atom. The Kier molecular flexibility index (Phi) is 7.66. The summed E-state index contributed by atoms with van der Waals surface area (Å²) in [5.74, 6) is 0.375. The predicted octanol–water partition coefficient (Wildman–Crippen LogP) is 4.30. The van der Waals surface area contributed by atoms with Gasteiger partial charge in [-0.25, -0.2) is 4.39 Å². The number of rotatable bonds is 9. The van der Waals surface area contributed by atoms with E-state index in [1.807, 2.05) is 12.1 Å². The van der Waals surface area contributed by atoms with E-state index in [2.05, 4.69) is 6.92 Å². The lowest BCUT2D eigenvalue weighted by atomic mass is 9.93. The van der Waals surface area contributed by atoms with Crippen LogP contribution in [0.15, 0.2) is 24.3 Å². The van der Waals surface area contributed by atoms with Crippen LogP contribution in [0.2, 0.25) is 0 Å². The maximum Gasteiger partial charge on any atom is 0.123 e. The smallest absolute Gasteiger partial charge is 0.123 e. The largest absolute Gasteiger partial charge is 0.330 e. The molecule has 0 fully saturated rings. The second-order valence-corrected chi connectivity index (χ2v) is 5.14. The van der Waals surface area contributed by atoms with Crippen molar-refractivity contribution in [2.75, 3.05) is 6.54 Å². The average molecular weight is 251 g/mol. The Hall–Kier alpha value is -0.890. The topological polar surface area (TPSA) is 26.0 Å². The Bertz CT molecular complexity index is 307. The second kappa shape index (κ2) is 9.09. The molecule has 0 bridgehead atoms. The lowest BCUT2D eigenvalue weighted by Gasteiger charge is -2.14. The van der Waals surface area contributed by atoms with Crippen LogP contribution >= 0.6 is 0 Å². The summed E-state index contributed by atoms with van der Waals surface area (Å²) >= 11 is 0. The van der Waals surface area contributed by atoms with Crippen LogP contribution in [-0.4, -0.2) is 6.54 Å². The van der Waals surface area contributed by atoms with E-state index < -0.39 is 0 Å². The number of nitrogens with two attached hydrogens (primary N) is 1. The number of hydrogen-bond donors (Lipinski definition) is 1. The van der Waals surface area contributed by atoms with Gasteiger partial charge >= 0.3 is 0 Å². The molecular weight excluding hydrogens is 225 g/mol. The van der Waals surface area contributed by atoms with Gasteiger partial charge in [0.15, 0.2) is 0 Å². The van der Waals surface area contributed by atoms with E-state index in [1.165, 1.54) is 56.2 Å². The van der Waals surface area contributed by atoms with E-state index in [9.17, 15) is 4.39 Å². The zero-order valence-electron chi connectivity index (χ0n) is 11.5. The number of unbranched alkanes of at least 4 members (excludes halogenated alkanes) is 4. The predicted molar refractivity (Wildman–Crippen MR) is 76.0 cm³/mol. The molecule has 1 aromatic carbocycles. The Morgan fingerprint density at radius 1 is 1.06 bits per heavy atom. The Balaban J connectivity index is 2.26. The number of halogens is 1. The van der Waals surface area contributed by atoms with Crippen molar-refractivity contribution in [3.63, 3.8) is 0 Å². The molecule has 0 aliphatic rings. The molecule has 0 saturated carbocycles. The first-order chi connectivity index (χ1) is 8.76. The average Bonchev–Trinajstić information content (AvgIpc) is 2.39. The summed E-state index contributed by atoms with van der Waals surface area (Å²) in [4.78, 5) is 0. The van der Waals surface area contributed by atoms with Gasteiger partial charge in [-0.2, -0.15) is 0 Å². The van der Waals surface area contributed by atoms with Crippen molar-refractivity contribution >= 4 is 0 Å². The maximum absolute atomic E-state index is 12.8. The van der Waals surface area contributed by atoms with Gasteiger partial charge in [0.05, 0.1) is 0 Å². The molecule has 0 spiro atoms. The van der Waals surface area contributed by atoms with Crippen LogP contribution < -0.4 is 5.73 Å². The highest BCUT2D eigenvalue weighted by Gasteiger charge is 2.07. The minimum Gasteiger partial charge on any atom is -0.330 e. The normalized spacial score (nSPS) is 12.6. The highest BCUT2D eigenvalue weighted by Crippen LogP contribution is 2.16. The third-order valence-electron chi connectivity index (χ3n) is 3.49. The van der Waals surface area contributed by atoms with Gasteiger partial charge in [0.2, 0.25) is 0 Å². The zero-order valence-corrected chi connectivity index (χ0v) is 11.5. The van der Waals surface area contributed by atoms with Gasteiger partial charge in [-0.3, -0.25) is 0 Å². The van der Waals surface area contributed by atoms with Gasteiger partial charge in [-0.15, -0.1) is 0 Å². The molecule has 2 N–H and O–H groups in total. The molecule has 0 amide bonds. The summed E-state index contributed by atoms with van der Waals surface area (Å²) in [5.41, 5.74) is 7.01. The number of hydrogen-bond acceptors (Lipinski definition) is 1. The highest BCUT2D eigenvalue weighted by atomic mass is 19.1. The van der Waals surface area contributed by atoms with Gasteiger partial charge in [0.25, 0.3) is 0 Å². The van der Waals surface area contributed by atoms with Crippen LogP contribution in [0, 0.1) is 11.7 Å². The molecule has 1 aromatic rings. The molecular formula is C16H26FN. The van der Waals surface area contributed by atoms with Gasteiger partial charge in [0.1, 0.15) is 5.82 Å². The molecule has 102 valence electrons. The van der Waals surface area contributed by atoms with Crippen LogP contribution in [0.3, 0.4) is 0 Å². The molecule has 0 aliphatic carbocycles. The summed E-state index contributed by atoms with van der Waals surface area (Å²) in [6, 6.07) is 6.80. The van der Waals surface area contributed by atoms with E-state index in [-0.39, 0.29) is 5.82 Å². The van der Waals surface area contributed by atoms with Gasteiger partial charge < -0.3 is 5.73 Å². The summed E-state index contributed by atoms with van der Waals surface area (Å²) in [6.45, 7) is 2.96. The maximum atomic E-state index is 12.8. The van der Waals surface area contributed by atoms with E-state index in [4.69, 9.17) is 5.73 Å². The summed E-state index contributed by atoms with van der Waals surface area (Å²) in [7, 11) is 0. The van der Waals surface area contributed by atoms with Crippen LogP contribution in [0.1, 0.15) is 51.0 Å². The first kappa shape index (κ1) is 15.2. The van der Waals surface area contributed by atoms with E-state index in [0.717, 1.165) is 13.0 Å². The second-order valence-electron chi connectivity index (χ2n) is 5.14. The van der Waals surface area contributed by atoms with Crippen LogP contribution in [0.5, 0.6) is 0 Å². The van der Waals surface area contributed by atoms with Crippen molar-refractivity contribution in [2.45, 2.75) is 51.9 Å². The molecule has 0 aromatic heterocycles. The fraction of sp³-hybridized carbons (Fsp3) is 0.625. The third-order valence-corrected chi connectivity index (χ3v) is 3.49. The summed E-state index contributed by atoms with van der Waals surface area (Å²) < 4.78 is 12.8. The van der Waals surface area contributed by atoms with E-state index in [0.29, 0.717) is 5.92 Å². The molecule has 1 nitrogen and oxygen atoms in total. The molecule has 0 radical (unpaired) electrons. The highest BCUT2D eigenvalue weighted by molar-refractivity contribution is 5.16. The quantitative estimate of drug-likeness (QED) is 0.650. The third kappa shape index (κ3) is 6.15. The van der Waals surface area contributed by atoms with Crippen molar-refractivity contribution in [3.8, 4) is 0 Å². The summed E-state index contributed by atoms with van der Waals surface area (Å²) in [5, 5.41) is 0. The van der Waals surface area contributed by atoms with Crippen molar-refractivity contribution in [1.29, 1.82) is 0 Å². The van der Waals surface area contributed by atoms with Crippen molar-refractivity contribution in [1.82, 2.24) is 0 Å². The van der Waals surface area contributed by atoms with Crippen molar-refractivity contribution < 1.29 is 4.39 Å². The molecule has 2 heteroatoms. The SMILES string of the molecule is CCCCCCCC(CN)Cc1ccc(F)cc1. The van der Waals surface area contributed by atoms with Gasteiger partial charge in [-0.05, 0) is 43.0 Å². The van der Waals surface area contributed by atoms with Crippen molar-refractivity contribution in [3.05, 3.63) is 35.6 Å². The monoisotopic (exact) mass is 251 g/mol. The Labute approximate surface area is 111 Å². The van der Waals surface area contributed by atoms with Crippen molar-refractivity contribution in [2.24, 2.45) is 11.7 Å². The lowest BCUT2D eigenvalue weighted by molar-refractivity contribution is 0.457. The summed E-state index contributed by atoms with van der Waals surface area (Å²) in [6.07, 6.45) is 8.71. The fourth-order valence-corrected chi connectivity index (χ4v) is 2.29. The van der Waals surface area contributed by atoms with E-state index in [1.54, 1.807) is 0 Å². The van der Waals surface area contributed by atoms with Gasteiger partial charge in [-0.1, -0.05) is 51.2 Å². The molecule has 1 unspecified atom stereocenters. The van der Waals surface area contributed by atoms with E-state index >= 15 is 0 Å². The number of benzene rings is 1. The first-order valence-electron chi connectivity index (χ1n) is 7.20. The van der Waals surface area contributed by atoms with Gasteiger partial charge in [0, 0.05) is 0 Å². The molecule has 0 saturated heterocycles. The molecule has 1 rings (SSSR count). The molecule has 18 heavy (non-hydrogen) atoms. The molecule has 0 aliphatic heterocycles. The minimum atomic E-state index is -0.164. The minimum absolute atomic E-state index is 0.164.